The Balaban J connectivity index is 1.75. The fraction of sp³-hybridized carbons (Fsp3) is 0.333. The molecule has 0 aromatic heterocycles. The number of nitro groups is 1. The lowest BCUT2D eigenvalue weighted by Gasteiger charge is -2.37. The van der Waals surface area contributed by atoms with Gasteiger partial charge in [0.2, 0.25) is 0 Å². The van der Waals surface area contributed by atoms with Crippen molar-refractivity contribution in [2.75, 3.05) is 13.1 Å². The summed E-state index contributed by atoms with van der Waals surface area (Å²) in [6.45, 7) is 2.17. The third kappa shape index (κ3) is 2.11. The molecule has 0 spiro atoms. The molecule has 0 radical (unpaired) electrons. The minimum absolute atomic E-state index is 0.159. The number of hydrogen-bond donors (Lipinski definition) is 0. The Kier molecular flexibility index (Phi) is 3.19. The number of nitro benzene ring substituents is 1. The van der Waals surface area contributed by atoms with Crippen LogP contribution < -0.4 is 0 Å². The lowest BCUT2D eigenvalue weighted by atomic mass is 9.81. The third-order valence-electron chi connectivity index (χ3n) is 5.02. The Labute approximate surface area is 129 Å². The number of hydrogen-bond acceptors (Lipinski definition) is 3. The van der Waals surface area contributed by atoms with Gasteiger partial charge in [0.05, 0.1) is 4.92 Å². The molecule has 1 unspecified atom stereocenters. The zero-order valence-electron chi connectivity index (χ0n) is 12.3. The van der Waals surface area contributed by atoms with Gasteiger partial charge in [-0.15, -0.1) is 0 Å². The zero-order chi connectivity index (χ0) is 15.1. The highest BCUT2D eigenvalue weighted by molar-refractivity contribution is 5.44. The van der Waals surface area contributed by atoms with Crippen molar-refractivity contribution in [3.05, 3.63) is 75.3 Å². The second-order valence-corrected chi connectivity index (χ2v) is 6.18. The van der Waals surface area contributed by atoms with E-state index in [-0.39, 0.29) is 10.6 Å². The van der Waals surface area contributed by atoms with Crippen molar-refractivity contribution in [1.82, 2.24) is 4.90 Å². The highest BCUT2D eigenvalue weighted by Crippen LogP contribution is 2.44. The summed E-state index contributed by atoms with van der Waals surface area (Å²) in [6, 6.07) is 16.3. The predicted octanol–water partition coefficient (Wildman–Crippen LogP) is 3.88. The molecule has 0 aliphatic carbocycles. The van der Waals surface area contributed by atoms with Crippen molar-refractivity contribution in [1.29, 1.82) is 0 Å². The summed E-state index contributed by atoms with van der Waals surface area (Å²) in [7, 11) is 0. The number of fused-ring (bicyclic) bond motifs is 3. The fourth-order valence-corrected chi connectivity index (χ4v) is 3.97. The van der Waals surface area contributed by atoms with Gasteiger partial charge in [0, 0.05) is 30.6 Å². The summed E-state index contributed by atoms with van der Waals surface area (Å²) in [5, 5.41) is 10.8. The topological polar surface area (TPSA) is 46.4 Å². The minimum atomic E-state index is -0.338. The molecule has 0 saturated carbocycles. The van der Waals surface area contributed by atoms with Crippen LogP contribution in [-0.2, 0) is 0 Å². The van der Waals surface area contributed by atoms with Gasteiger partial charge >= 0.3 is 0 Å². The smallest absolute Gasteiger partial charge is 0.269 e. The lowest BCUT2D eigenvalue weighted by molar-refractivity contribution is -0.384. The Bertz CT molecular complexity index is 711. The first-order chi connectivity index (χ1) is 10.7. The molecule has 112 valence electrons. The summed E-state index contributed by atoms with van der Waals surface area (Å²) in [5.74, 6) is 0.311. The molecular weight excluding hydrogens is 276 g/mol. The van der Waals surface area contributed by atoms with Crippen LogP contribution >= 0.6 is 0 Å². The van der Waals surface area contributed by atoms with Crippen LogP contribution in [0, 0.1) is 10.1 Å². The molecular formula is C18H18N2O2. The Morgan fingerprint density at radius 3 is 2.50 bits per heavy atom. The molecule has 2 aromatic rings. The van der Waals surface area contributed by atoms with E-state index in [0.717, 1.165) is 13.1 Å². The van der Waals surface area contributed by atoms with E-state index in [2.05, 4.69) is 29.2 Å². The van der Waals surface area contributed by atoms with Gasteiger partial charge in [0.15, 0.2) is 0 Å². The molecule has 1 saturated heterocycles. The van der Waals surface area contributed by atoms with Crippen LogP contribution in [0.25, 0.3) is 0 Å². The minimum Gasteiger partial charge on any atom is -0.295 e. The quantitative estimate of drug-likeness (QED) is 0.624. The molecule has 0 amide bonds. The standard InChI is InChI=1S/C18H18N2O2/c21-20(22)14-9-7-13(8-10-14)17-12-19-11-3-6-18(19)16-5-2-1-4-15(16)17/h1-2,4-5,7-10,17-18H,3,6,11-12H2/t17?,18-/m0/s1. The number of benzene rings is 2. The molecule has 2 atom stereocenters. The van der Waals surface area contributed by atoms with Gasteiger partial charge in [-0.2, -0.15) is 0 Å². The van der Waals surface area contributed by atoms with E-state index < -0.39 is 0 Å². The summed E-state index contributed by atoms with van der Waals surface area (Å²) in [4.78, 5) is 13.1. The number of non-ortho nitro benzene ring substituents is 1. The first kappa shape index (κ1) is 13.5. The zero-order valence-corrected chi connectivity index (χ0v) is 12.3. The lowest BCUT2D eigenvalue weighted by Crippen LogP contribution is -2.34. The van der Waals surface area contributed by atoms with Crippen LogP contribution in [0.4, 0.5) is 5.69 Å². The average Bonchev–Trinajstić information content (AvgIpc) is 3.03. The van der Waals surface area contributed by atoms with E-state index in [1.807, 2.05) is 12.1 Å². The highest BCUT2D eigenvalue weighted by atomic mass is 16.6. The molecule has 4 rings (SSSR count). The molecule has 0 N–H and O–H groups in total. The molecule has 4 nitrogen and oxygen atoms in total. The van der Waals surface area contributed by atoms with Crippen molar-refractivity contribution in [2.45, 2.75) is 24.8 Å². The molecule has 2 aromatic carbocycles. The summed E-state index contributed by atoms with van der Waals surface area (Å²) >= 11 is 0. The highest BCUT2D eigenvalue weighted by Gasteiger charge is 2.36. The van der Waals surface area contributed by atoms with Crippen LogP contribution in [0.3, 0.4) is 0 Å². The first-order valence-electron chi connectivity index (χ1n) is 7.81. The molecule has 1 fully saturated rings. The van der Waals surface area contributed by atoms with Crippen molar-refractivity contribution in [3.63, 3.8) is 0 Å². The van der Waals surface area contributed by atoms with Crippen LogP contribution in [0.5, 0.6) is 0 Å². The summed E-state index contributed by atoms with van der Waals surface area (Å²) in [6.07, 6.45) is 2.50. The van der Waals surface area contributed by atoms with Crippen molar-refractivity contribution >= 4 is 5.69 Å². The Hall–Kier alpha value is -2.20. The van der Waals surface area contributed by atoms with E-state index in [4.69, 9.17) is 0 Å². The summed E-state index contributed by atoms with van der Waals surface area (Å²) < 4.78 is 0. The molecule has 2 heterocycles. The van der Waals surface area contributed by atoms with E-state index in [1.165, 1.54) is 29.5 Å². The van der Waals surface area contributed by atoms with Crippen molar-refractivity contribution in [3.8, 4) is 0 Å². The Morgan fingerprint density at radius 2 is 1.77 bits per heavy atom. The van der Waals surface area contributed by atoms with Gasteiger partial charge in [-0.05, 0) is 36.1 Å². The monoisotopic (exact) mass is 294 g/mol. The maximum atomic E-state index is 10.8. The Morgan fingerprint density at radius 1 is 1.05 bits per heavy atom. The van der Waals surface area contributed by atoms with Crippen LogP contribution in [0.15, 0.2) is 48.5 Å². The van der Waals surface area contributed by atoms with E-state index >= 15 is 0 Å². The van der Waals surface area contributed by atoms with Crippen LogP contribution in [-0.4, -0.2) is 22.9 Å². The van der Waals surface area contributed by atoms with Crippen LogP contribution in [0.2, 0.25) is 0 Å². The van der Waals surface area contributed by atoms with Gasteiger partial charge in [-0.25, -0.2) is 0 Å². The van der Waals surface area contributed by atoms with Crippen LogP contribution in [0.1, 0.15) is 41.5 Å². The molecule has 4 heteroatoms. The molecule has 2 aliphatic heterocycles. The molecule has 22 heavy (non-hydrogen) atoms. The van der Waals surface area contributed by atoms with Gasteiger partial charge in [0.25, 0.3) is 5.69 Å². The number of nitrogens with zero attached hydrogens (tertiary/aromatic N) is 2. The summed E-state index contributed by atoms with van der Waals surface area (Å²) in [5.41, 5.74) is 4.16. The predicted molar refractivity (Wildman–Crippen MR) is 84.9 cm³/mol. The SMILES string of the molecule is O=[N+]([O-])c1ccc(C2CN3CCC[C@H]3c3ccccc32)cc1. The molecule has 2 aliphatic rings. The van der Waals surface area contributed by atoms with Gasteiger partial charge in [0.1, 0.15) is 0 Å². The largest absolute Gasteiger partial charge is 0.295 e. The van der Waals surface area contributed by atoms with Gasteiger partial charge in [-0.3, -0.25) is 15.0 Å². The van der Waals surface area contributed by atoms with Gasteiger partial charge in [-0.1, -0.05) is 36.4 Å². The first-order valence-corrected chi connectivity index (χ1v) is 7.81. The maximum absolute atomic E-state index is 10.8. The number of rotatable bonds is 2. The molecule has 0 bridgehead atoms. The normalized spacial score (nSPS) is 23.8. The second kappa shape index (κ2) is 5.21. The second-order valence-electron chi connectivity index (χ2n) is 6.18. The van der Waals surface area contributed by atoms with E-state index in [1.54, 1.807) is 12.1 Å². The fourth-order valence-electron chi connectivity index (χ4n) is 3.97. The third-order valence-corrected chi connectivity index (χ3v) is 5.02. The van der Waals surface area contributed by atoms with Crippen molar-refractivity contribution in [2.24, 2.45) is 0 Å². The average molecular weight is 294 g/mol. The van der Waals surface area contributed by atoms with Gasteiger partial charge < -0.3 is 0 Å². The van der Waals surface area contributed by atoms with Crippen molar-refractivity contribution < 1.29 is 4.92 Å². The van der Waals surface area contributed by atoms with E-state index in [9.17, 15) is 10.1 Å². The van der Waals surface area contributed by atoms with E-state index in [0.29, 0.717) is 12.0 Å². The maximum Gasteiger partial charge on any atom is 0.269 e.